The quantitative estimate of drug-likeness (QED) is 0.693. The third-order valence-electron chi connectivity index (χ3n) is 2.37. The molecule has 0 aromatic heterocycles. The van der Waals surface area contributed by atoms with E-state index in [1.54, 1.807) is 0 Å². The molecule has 0 atom stereocenters. The van der Waals surface area contributed by atoms with Crippen LogP contribution in [0.25, 0.3) is 0 Å². The van der Waals surface area contributed by atoms with Crippen LogP contribution in [-0.2, 0) is 17.8 Å². The number of nitrogens with one attached hydrogen (secondary N) is 1. The molecule has 84 valence electrons. The first-order valence-corrected chi connectivity index (χ1v) is 5.73. The van der Waals surface area contributed by atoms with Crippen LogP contribution in [0, 0.1) is 0 Å². The molecule has 1 rings (SSSR count). The Labute approximate surface area is 92.6 Å². The number of aryl methyl sites for hydroxylation is 1. The molecule has 0 aliphatic carbocycles. The molecule has 0 aliphatic rings. The maximum absolute atomic E-state index is 5.53. The second-order valence-corrected chi connectivity index (χ2v) is 3.58. The van der Waals surface area contributed by atoms with Crippen molar-refractivity contribution in [2.45, 2.75) is 26.9 Å². The molecule has 0 saturated carbocycles. The maximum atomic E-state index is 5.53. The fourth-order valence-corrected chi connectivity index (χ4v) is 1.38. The van der Waals surface area contributed by atoms with Crippen molar-refractivity contribution in [1.29, 1.82) is 0 Å². The van der Waals surface area contributed by atoms with E-state index in [0.717, 1.165) is 32.7 Å². The molecule has 1 aromatic rings. The summed E-state index contributed by atoms with van der Waals surface area (Å²) in [6.07, 6.45) is 1.10. The third kappa shape index (κ3) is 4.96. The monoisotopic (exact) mass is 207 g/mol. The van der Waals surface area contributed by atoms with Gasteiger partial charge in [0.1, 0.15) is 0 Å². The van der Waals surface area contributed by atoms with Crippen molar-refractivity contribution in [3.8, 4) is 0 Å². The summed E-state index contributed by atoms with van der Waals surface area (Å²) < 4.78 is 5.53. The lowest BCUT2D eigenvalue weighted by molar-refractivity contribution is 0.123. The van der Waals surface area contributed by atoms with Crippen molar-refractivity contribution >= 4 is 0 Å². The molecule has 0 radical (unpaired) electrons. The van der Waals surface area contributed by atoms with Gasteiger partial charge in [0.2, 0.25) is 0 Å². The highest BCUT2D eigenvalue weighted by Crippen LogP contribution is 2.05. The van der Waals surface area contributed by atoms with Crippen LogP contribution in [0.5, 0.6) is 0 Å². The molecule has 0 spiro atoms. The Morgan fingerprint density at radius 1 is 1.07 bits per heavy atom. The maximum Gasteiger partial charge on any atom is 0.0717 e. The molecule has 0 bridgehead atoms. The lowest BCUT2D eigenvalue weighted by atomic mass is 10.1. The zero-order valence-electron chi connectivity index (χ0n) is 9.75. The number of ether oxygens (including phenoxy) is 1. The number of hydrogen-bond acceptors (Lipinski definition) is 2. The van der Waals surface area contributed by atoms with Gasteiger partial charge in [0.05, 0.1) is 13.2 Å². The van der Waals surface area contributed by atoms with Gasteiger partial charge in [0.15, 0.2) is 0 Å². The van der Waals surface area contributed by atoms with E-state index in [4.69, 9.17) is 4.74 Å². The van der Waals surface area contributed by atoms with E-state index in [-0.39, 0.29) is 0 Å². The lowest BCUT2D eigenvalue weighted by Gasteiger charge is -2.05. The average Bonchev–Trinajstić information content (AvgIpc) is 2.30. The van der Waals surface area contributed by atoms with Gasteiger partial charge < -0.3 is 10.1 Å². The first kappa shape index (κ1) is 12.2. The van der Waals surface area contributed by atoms with E-state index >= 15 is 0 Å². The zero-order valence-corrected chi connectivity index (χ0v) is 9.75. The summed E-state index contributed by atoms with van der Waals surface area (Å²) >= 11 is 0. The Balaban J connectivity index is 2.20. The van der Waals surface area contributed by atoms with E-state index in [1.807, 2.05) is 0 Å². The fourth-order valence-electron chi connectivity index (χ4n) is 1.38. The van der Waals surface area contributed by atoms with Gasteiger partial charge in [0.25, 0.3) is 0 Å². The summed E-state index contributed by atoms with van der Waals surface area (Å²) in [5.41, 5.74) is 2.63. The Morgan fingerprint density at radius 2 is 1.73 bits per heavy atom. The average molecular weight is 207 g/mol. The third-order valence-corrected chi connectivity index (χ3v) is 2.37. The van der Waals surface area contributed by atoms with E-state index in [9.17, 15) is 0 Å². The summed E-state index contributed by atoms with van der Waals surface area (Å²) in [7, 11) is 0. The second-order valence-electron chi connectivity index (χ2n) is 3.58. The van der Waals surface area contributed by atoms with Gasteiger partial charge in [-0.25, -0.2) is 0 Å². The van der Waals surface area contributed by atoms with E-state index in [0.29, 0.717) is 0 Å². The van der Waals surface area contributed by atoms with E-state index < -0.39 is 0 Å². The zero-order chi connectivity index (χ0) is 10.9. The molecular formula is C13H21NO. The number of likely N-dealkylation sites (N-methyl/N-ethyl adjacent to an activating group) is 1. The van der Waals surface area contributed by atoms with Crippen LogP contribution < -0.4 is 5.32 Å². The SMILES string of the molecule is CCNCCOCc1ccc(CC)cc1. The molecule has 0 unspecified atom stereocenters. The summed E-state index contributed by atoms with van der Waals surface area (Å²) in [5, 5.41) is 3.23. The van der Waals surface area contributed by atoms with Crippen LogP contribution in [-0.4, -0.2) is 19.7 Å². The van der Waals surface area contributed by atoms with Gasteiger partial charge in [-0.2, -0.15) is 0 Å². The molecular weight excluding hydrogens is 186 g/mol. The van der Waals surface area contributed by atoms with Crippen LogP contribution in [0.1, 0.15) is 25.0 Å². The largest absolute Gasteiger partial charge is 0.375 e. The minimum absolute atomic E-state index is 0.718. The number of rotatable bonds is 7. The Morgan fingerprint density at radius 3 is 2.33 bits per heavy atom. The van der Waals surface area contributed by atoms with E-state index in [2.05, 4.69) is 43.4 Å². The predicted octanol–water partition coefficient (Wildman–Crippen LogP) is 2.38. The summed E-state index contributed by atoms with van der Waals surface area (Å²) in [6.45, 7) is 7.71. The van der Waals surface area contributed by atoms with Gasteiger partial charge >= 0.3 is 0 Å². The molecule has 0 aliphatic heterocycles. The van der Waals surface area contributed by atoms with Crippen LogP contribution in [0.2, 0.25) is 0 Å². The van der Waals surface area contributed by atoms with Gasteiger partial charge in [-0.15, -0.1) is 0 Å². The van der Waals surface area contributed by atoms with Gasteiger partial charge in [-0.3, -0.25) is 0 Å². The summed E-state index contributed by atoms with van der Waals surface area (Å²) in [6, 6.07) is 8.63. The fraction of sp³-hybridized carbons (Fsp3) is 0.538. The van der Waals surface area contributed by atoms with Crippen molar-refractivity contribution < 1.29 is 4.74 Å². The highest BCUT2D eigenvalue weighted by Gasteiger charge is 1.93. The van der Waals surface area contributed by atoms with Crippen LogP contribution >= 0.6 is 0 Å². The van der Waals surface area contributed by atoms with Crippen molar-refractivity contribution in [3.05, 3.63) is 35.4 Å². The topological polar surface area (TPSA) is 21.3 Å². The Bertz CT molecular complexity index is 256. The molecule has 15 heavy (non-hydrogen) atoms. The first-order chi connectivity index (χ1) is 7.36. The lowest BCUT2D eigenvalue weighted by Crippen LogP contribution is -2.18. The summed E-state index contributed by atoms with van der Waals surface area (Å²) in [5.74, 6) is 0. The highest BCUT2D eigenvalue weighted by molar-refractivity contribution is 5.21. The number of benzene rings is 1. The predicted molar refractivity (Wildman–Crippen MR) is 64.0 cm³/mol. The molecule has 1 aromatic carbocycles. The van der Waals surface area contributed by atoms with Crippen molar-refractivity contribution in [1.82, 2.24) is 5.32 Å². The van der Waals surface area contributed by atoms with Gasteiger partial charge in [0, 0.05) is 6.54 Å². The molecule has 1 N–H and O–H groups in total. The van der Waals surface area contributed by atoms with Gasteiger partial charge in [-0.05, 0) is 24.1 Å². The normalized spacial score (nSPS) is 10.5. The number of hydrogen-bond donors (Lipinski definition) is 1. The molecule has 2 heteroatoms. The van der Waals surface area contributed by atoms with Crippen molar-refractivity contribution in [2.24, 2.45) is 0 Å². The molecule has 2 nitrogen and oxygen atoms in total. The smallest absolute Gasteiger partial charge is 0.0717 e. The van der Waals surface area contributed by atoms with Gasteiger partial charge in [-0.1, -0.05) is 38.1 Å². The van der Waals surface area contributed by atoms with E-state index in [1.165, 1.54) is 11.1 Å². The first-order valence-electron chi connectivity index (χ1n) is 5.73. The minimum atomic E-state index is 0.718. The Kier molecular flexibility index (Phi) is 6.05. The molecule has 0 fully saturated rings. The van der Waals surface area contributed by atoms with Crippen LogP contribution in [0.15, 0.2) is 24.3 Å². The molecule has 0 amide bonds. The van der Waals surface area contributed by atoms with Crippen LogP contribution in [0.3, 0.4) is 0 Å². The standard InChI is InChI=1S/C13H21NO/c1-3-12-5-7-13(8-6-12)11-15-10-9-14-4-2/h5-8,14H,3-4,9-11H2,1-2H3. The van der Waals surface area contributed by atoms with Crippen LogP contribution in [0.4, 0.5) is 0 Å². The van der Waals surface area contributed by atoms with Crippen molar-refractivity contribution in [2.75, 3.05) is 19.7 Å². The summed E-state index contributed by atoms with van der Waals surface area (Å²) in [4.78, 5) is 0. The molecule has 0 saturated heterocycles. The van der Waals surface area contributed by atoms with Crippen molar-refractivity contribution in [3.63, 3.8) is 0 Å². The molecule has 0 heterocycles. The minimum Gasteiger partial charge on any atom is -0.375 e. The highest BCUT2D eigenvalue weighted by atomic mass is 16.5. The second kappa shape index (κ2) is 7.43. The Hall–Kier alpha value is -0.860.